The first kappa shape index (κ1) is 22.8. The van der Waals surface area contributed by atoms with Crippen molar-refractivity contribution in [2.45, 2.75) is 39.0 Å². The minimum absolute atomic E-state index is 0.0526. The molecule has 1 N–H and O–H groups in total. The predicted molar refractivity (Wildman–Crippen MR) is 121 cm³/mol. The highest BCUT2D eigenvalue weighted by molar-refractivity contribution is 6.30. The van der Waals surface area contributed by atoms with Crippen LogP contribution < -0.4 is 0 Å². The minimum atomic E-state index is -0.571. The van der Waals surface area contributed by atoms with E-state index in [-0.39, 0.29) is 6.10 Å². The van der Waals surface area contributed by atoms with Crippen LogP contribution in [0.2, 0.25) is 5.02 Å². The van der Waals surface area contributed by atoms with Crippen LogP contribution >= 0.6 is 11.6 Å². The number of rotatable bonds is 11. The van der Waals surface area contributed by atoms with Crippen molar-refractivity contribution in [1.29, 1.82) is 0 Å². The second-order valence-corrected chi connectivity index (χ2v) is 8.68. The highest BCUT2D eigenvalue weighted by atomic mass is 35.5. The summed E-state index contributed by atoms with van der Waals surface area (Å²) in [6.07, 6.45) is 0.123. The SMILES string of the molecule is CC(C)COC[C@H](O)CN(Cc1cccc(Cl)c1)C[C@H]1CC(c2ccccc2)=NO1. The molecule has 5 nitrogen and oxygen atoms in total. The van der Waals surface area contributed by atoms with Crippen LogP contribution in [0.1, 0.15) is 31.4 Å². The van der Waals surface area contributed by atoms with Crippen LogP contribution in [-0.2, 0) is 16.1 Å². The van der Waals surface area contributed by atoms with Gasteiger partial charge in [0.15, 0.2) is 0 Å². The first-order valence-corrected chi connectivity index (χ1v) is 10.9. The molecule has 0 aliphatic carbocycles. The van der Waals surface area contributed by atoms with Crippen LogP contribution in [0.4, 0.5) is 0 Å². The average molecular weight is 431 g/mol. The Kier molecular flexibility index (Phi) is 8.70. The zero-order valence-corrected chi connectivity index (χ0v) is 18.5. The summed E-state index contributed by atoms with van der Waals surface area (Å²) >= 11 is 6.16. The van der Waals surface area contributed by atoms with Gasteiger partial charge in [-0.25, -0.2) is 0 Å². The van der Waals surface area contributed by atoms with E-state index in [4.69, 9.17) is 21.2 Å². The van der Waals surface area contributed by atoms with E-state index in [0.29, 0.717) is 43.8 Å². The summed E-state index contributed by atoms with van der Waals surface area (Å²) in [6, 6.07) is 17.9. The summed E-state index contributed by atoms with van der Waals surface area (Å²) in [7, 11) is 0. The molecule has 0 amide bonds. The summed E-state index contributed by atoms with van der Waals surface area (Å²) in [4.78, 5) is 7.90. The van der Waals surface area contributed by atoms with E-state index >= 15 is 0 Å². The monoisotopic (exact) mass is 430 g/mol. The van der Waals surface area contributed by atoms with Crippen molar-refractivity contribution in [3.8, 4) is 0 Å². The number of aliphatic hydroxyl groups excluding tert-OH is 1. The van der Waals surface area contributed by atoms with Crippen LogP contribution in [0.3, 0.4) is 0 Å². The molecule has 0 aromatic heterocycles. The lowest BCUT2D eigenvalue weighted by molar-refractivity contribution is -0.00734. The third-order valence-electron chi connectivity index (χ3n) is 4.83. The molecular formula is C24H31ClN2O3. The Hall–Kier alpha value is -1.92. The Labute approximate surface area is 184 Å². The van der Waals surface area contributed by atoms with Crippen molar-refractivity contribution < 1.29 is 14.7 Å². The van der Waals surface area contributed by atoms with Gasteiger partial charge < -0.3 is 14.7 Å². The lowest BCUT2D eigenvalue weighted by Crippen LogP contribution is -2.39. The van der Waals surface area contributed by atoms with Gasteiger partial charge in [0, 0.05) is 37.7 Å². The summed E-state index contributed by atoms with van der Waals surface area (Å²) in [6.45, 7) is 6.98. The minimum Gasteiger partial charge on any atom is -0.390 e. The van der Waals surface area contributed by atoms with Crippen LogP contribution in [0.25, 0.3) is 0 Å². The Bertz CT molecular complexity index is 813. The number of hydrogen-bond acceptors (Lipinski definition) is 5. The molecule has 0 saturated carbocycles. The van der Waals surface area contributed by atoms with E-state index in [2.05, 4.69) is 23.9 Å². The lowest BCUT2D eigenvalue weighted by Gasteiger charge is -2.27. The second kappa shape index (κ2) is 11.5. The van der Waals surface area contributed by atoms with Crippen LogP contribution in [0, 0.1) is 5.92 Å². The molecule has 2 atom stereocenters. The standard InChI is InChI=1S/C24H31ClN2O3/c1-18(2)16-29-17-22(28)14-27(13-19-7-6-10-21(25)11-19)15-23-12-24(26-30-23)20-8-4-3-5-9-20/h3-11,18,22-23,28H,12-17H2,1-2H3/t22-,23-/m1/s1. The predicted octanol–water partition coefficient (Wildman–Crippen LogP) is 4.37. The third-order valence-corrected chi connectivity index (χ3v) is 5.06. The van der Waals surface area contributed by atoms with Gasteiger partial charge in [-0.1, -0.05) is 73.1 Å². The fraction of sp³-hybridized carbons (Fsp3) is 0.458. The second-order valence-electron chi connectivity index (χ2n) is 8.24. The average Bonchev–Trinajstić information content (AvgIpc) is 3.17. The summed E-state index contributed by atoms with van der Waals surface area (Å²) in [5.74, 6) is 0.445. The summed E-state index contributed by atoms with van der Waals surface area (Å²) < 4.78 is 5.62. The van der Waals surface area contributed by atoms with Gasteiger partial charge in [-0.15, -0.1) is 0 Å². The maximum Gasteiger partial charge on any atom is 0.145 e. The Balaban J connectivity index is 1.59. The van der Waals surface area contributed by atoms with Crippen molar-refractivity contribution in [3.63, 3.8) is 0 Å². The molecule has 0 fully saturated rings. The molecule has 0 bridgehead atoms. The van der Waals surface area contributed by atoms with Gasteiger partial charge in [0.1, 0.15) is 6.10 Å². The fourth-order valence-corrected chi connectivity index (χ4v) is 3.72. The van der Waals surface area contributed by atoms with Crippen molar-refractivity contribution in [3.05, 3.63) is 70.7 Å². The van der Waals surface area contributed by atoms with E-state index in [1.165, 1.54) is 0 Å². The van der Waals surface area contributed by atoms with Gasteiger partial charge in [-0.05, 0) is 29.2 Å². The number of ether oxygens (including phenoxy) is 1. The van der Waals surface area contributed by atoms with E-state index < -0.39 is 6.10 Å². The number of oxime groups is 1. The first-order chi connectivity index (χ1) is 14.5. The lowest BCUT2D eigenvalue weighted by atomic mass is 10.0. The zero-order chi connectivity index (χ0) is 21.3. The molecular weight excluding hydrogens is 400 g/mol. The first-order valence-electron chi connectivity index (χ1n) is 10.5. The van der Waals surface area contributed by atoms with Crippen molar-refractivity contribution in [1.82, 2.24) is 4.90 Å². The molecule has 2 aromatic rings. The number of nitrogens with zero attached hydrogens (tertiary/aromatic N) is 2. The highest BCUT2D eigenvalue weighted by Gasteiger charge is 2.25. The number of halogens is 1. The molecule has 30 heavy (non-hydrogen) atoms. The summed E-state index contributed by atoms with van der Waals surface area (Å²) in [5, 5.41) is 15.5. The molecule has 3 rings (SSSR count). The molecule has 1 heterocycles. The normalized spacial score (nSPS) is 17.3. The molecule has 0 unspecified atom stereocenters. The van der Waals surface area contributed by atoms with Crippen LogP contribution in [0.5, 0.6) is 0 Å². The number of hydrogen-bond donors (Lipinski definition) is 1. The van der Waals surface area contributed by atoms with Crippen molar-refractivity contribution >= 4 is 17.3 Å². The molecule has 1 aliphatic heterocycles. The topological polar surface area (TPSA) is 54.3 Å². The Morgan fingerprint density at radius 3 is 2.70 bits per heavy atom. The zero-order valence-electron chi connectivity index (χ0n) is 17.7. The Morgan fingerprint density at radius 1 is 1.17 bits per heavy atom. The van der Waals surface area contributed by atoms with E-state index in [1.807, 2.05) is 54.6 Å². The quantitative estimate of drug-likeness (QED) is 0.575. The van der Waals surface area contributed by atoms with E-state index in [9.17, 15) is 5.11 Å². The maximum atomic E-state index is 10.5. The van der Waals surface area contributed by atoms with Crippen LogP contribution in [0.15, 0.2) is 59.8 Å². The fourth-order valence-electron chi connectivity index (χ4n) is 3.50. The molecule has 6 heteroatoms. The molecule has 2 aromatic carbocycles. The van der Waals surface area contributed by atoms with Gasteiger partial charge >= 0.3 is 0 Å². The number of benzene rings is 2. The molecule has 0 saturated heterocycles. The number of aliphatic hydroxyl groups is 1. The molecule has 1 aliphatic rings. The van der Waals surface area contributed by atoms with Gasteiger partial charge in [-0.3, -0.25) is 4.90 Å². The molecule has 162 valence electrons. The Morgan fingerprint density at radius 2 is 1.97 bits per heavy atom. The van der Waals surface area contributed by atoms with Gasteiger partial charge in [0.05, 0.1) is 18.4 Å². The smallest absolute Gasteiger partial charge is 0.145 e. The third kappa shape index (κ3) is 7.40. The van der Waals surface area contributed by atoms with Gasteiger partial charge in [0.2, 0.25) is 0 Å². The van der Waals surface area contributed by atoms with Crippen LogP contribution in [-0.4, -0.2) is 54.2 Å². The molecule has 0 spiro atoms. The van der Waals surface area contributed by atoms with Crippen molar-refractivity contribution in [2.24, 2.45) is 11.1 Å². The van der Waals surface area contributed by atoms with E-state index in [0.717, 1.165) is 23.3 Å². The van der Waals surface area contributed by atoms with Gasteiger partial charge in [-0.2, -0.15) is 0 Å². The van der Waals surface area contributed by atoms with Crippen molar-refractivity contribution in [2.75, 3.05) is 26.3 Å². The largest absolute Gasteiger partial charge is 0.390 e. The molecule has 0 radical (unpaired) electrons. The highest BCUT2D eigenvalue weighted by Crippen LogP contribution is 2.19. The van der Waals surface area contributed by atoms with Gasteiger partial charge in [0.25, 0.3) is 0 Å². The van der Waals surface area contributed by atoms with E-state index in [1.54, 1.807) is 0 Å². The maximum absolute atomic E-state index is 10.5. The summed E-state index contributed by atoms with van der Waals surface area (Å²) in [5.41, 5.74) is 3.15.